The second kappa shape index (κ2) is 7.64. The van der Waals surface area contributed by atoms with Crippen molar-refractivity contribution in [2.24, 2.45) is 0 Å². The Balaban J connectivity index is 0.000000235. The monoisotopic (exact) mass is 278 g/mol. The molecule has 0 aliphatic rings. The van der Waals surface area contributed by atoms with Gasteiger partial charge in [-0.15, -0.1) is 0 Å². The summed E-state index contributed by atoms with van der Waals surface area (Å²) >= 11 is 0. The molecule has 2 rings (SSSR count). The predicted octanol–water partition coefficient (Wildman–Crippen LogP) is 6.27. The predicted molar refractivity (Wildman–Crippen MR) is 96.5 cm³/mol. The number of hydrogen-bond acceptors (Lipinski definition) is 0. The van der Waals surface area contributed by atoms with Gasteiger partial charge in [-0.25, -0.2) is 0 Å². The molecule has 0 heteroatoms. The van der Waals surface area contributed by atoms with Gasteiger partial charge in [-0.2, -0.15) is 0 Å². The molecule has 0 aliphatic carbocycles. The van der Waals surface area contributed by atoms with Crippen molar-refractivity contribution >= 4 is 12.2 Å². The van der Waals surface area contributed by atoms with E-state index in [1.54, 1.807) is 0 Å². The van der Waals surface area contributed by atoms with Crippen LogP contribution in [0.3, 0.4) is 0 Å². The Morgan fingerprint density at radius 1 is 0.857 bits per heavy atom. The van der Waals surface area contributed by atoms with Crippen LogP contribution in [0.4, 0.5) is 0 Å². The second-order valence-electron chi connectivity index (χ2n) is 6.14. The minimum absolute atomic E-state index is 0.228. The molecule has 21 heavy (non-hydrogen) atoms. The number of rotatable bonds is 2. The minimum Gasteiger partial charge on any atom is -0.0985 e. The average Bonchev–Trinajstić information content (AvgIpc) is 2.48. The van der Waals surface area contributed by atoms with Crippen LogP contribution in [0.25, 0.3) is 12.2 Å². The van der Waals surface area contributed by atoms with Crippen molar-refractivity contribution in [1.29, 1.82) is 0 Å². The highest BCUT2D eigenvalue weighted by atomic mass is 14.2. The SMILES string of the molecule is C=Cc1cc(C(C)(C)C)ccc1C.C=Cc1ccccc1. The van der Waals surface area contributed by atoms with E-state index in [-0.39, 0.29) is 5.41 Å². The smallest absolute Gasteiger partial charge is 0.0132 e. The lowest BCUT2D eigenvalue weighted by molar-refractivity contribution is 0.590. The largest absolute Gasteiger partial charge is 0.0985 e. The van der Waals surface area contributed by atoms with Gasteiger partial charge in [-0.1, -0.05) is 94.6 Å². The highest BCUT2D eigenvalue weighted by Crippen LogP contribution is 2.24. The van der Waals surface area contributed by atoms with Gasteiger partial charge in [0.15, 0.2) is 0 Å². The molecule has 2 aromatic rings. The highest BCUT2D eigenvalue weighted by Gasteiger charge is 2.13. The fraction of sp³-hybridized carbons (Fsp3) is 0.238. The van der Waals surface area contributed by atoms with Crippen molar-refractivity contribution in [3.05, 3.63) is 83.9 Å². The molecule has 0 heterocycles. The molecule has 0 nitrogen and oxygen atoms in total. The Hall–Kier alpha value is -2.08. The quantitative estimate of drug-likeness (QED) is 0.607. The molecule has 0 bridgehead atoms. The first kappa shape index (κ1) is 17.0. The Bertz CT molecular complexity index is 583. The van der Waals surface area contributed by atoms with E-state index in [0.29, 0.717) is 0 Å². The van der Waals surface area contributed by atoms with Crippen molar-refractivity contribution < 1.29 is 0 Å². The van der Waals surface area contributed by atoms with Crippen LogP contribution >= 0.6 is 0 Å². The molecule has 0 atom stereocenters. The lowest BCUT2D eigenvalue weighted by atomic mass is 9.85. The van der Waals surface area contributed by atoms with Crippen LogP contribution in [-0.2, 0) is 5.41 Å². The van der Waals surface area contributed by atoms with Crippen LogP contribution in [0.5, 0.6) is 0 Å². The minimum atomic E-state index is 0.228. The zero-order chi connectivity index (χ0) is 15.9. The van der Waals surface area contributed by atoms with E-state index in [1.165, 1.54) is 22.3 Å². The molecular formula is C21H26. The molecule has 2 aromatic carbocycles. The van der Waals surface area contributed by atoms with Crippen molar-refractivity contribution in [2.45, 2.75) is 33.1 Å². The highest BCUT2D eigenvalue weighted by molar-refractivity contribution is 5.53. The average molecular weight is 278 g/mol. The Kier molecular flexibility index (Phi) is 6.17. The summed E-state index contributed by atoms with van der Waals surface area (Å²) in [4.78, 5) is 0. The first-order valence-electron chi connectivity index (χ1n) is 7.29. The number of hydrogen-bond donors (Lipinski definition) is 0. The standard InChI is InChI=1S/C13H18.C8H8/c1-6-11-9-12(13(3,4)5)8-7-10(11)2;1-2-8-6-4-3-5-7-8/h6-9H,1H2,2-5H3;2-7H,1H2. The van der Waals surface area contributed by atoms with E-state index in [9.17, 15) is 0 Å². The zero-order valence-corrected chi connectivity index (χ0v) is 13.7. The molecule has 0 radical (unpaired) electrons. The van der Waals surface area contributed by atoms with Crippen LogP contribution in [0.2, 0.25) is 0 Å². The van der Waals surface area contributed by atoms with E-state index < -0.39 is 0 Å². The van der Waals surface area contributed by atoms with Crippen molar-refractivity contribution in [3.8, 4) is 0 Å². The third kappa shape index (κ3) is 5.43. The van der Waals surface area contributed by atoms with E-state index in [2.05, 4.69) is 59.1 Å². The Labute approximate surface area is 129 Å². The maximum atomic E-state index is 3.81. The van der Waals surface area contributed by atoms with Crippen LogP contribution in [0.15, 0.2) is 61.7 Å². The van der Waals surface area contributed by atoms with Crippen LogP contribution in [0.1, 0.15) is 43.0 Å². The third-order valence-corrected chi connectivity index (χ3v) is 3.40. The lowest BCUT2D eigenvalue weighted by Crippen LogP contribution is -2.11. The maximum Gasteiger partial charge on any atom is -0.0132 e. The summed E-state index contributed by atoms with van der Waals surface area (Å²) < 4.78 is 0. The molecule has 110 valence electrons. The van der Waals surface area contributed by atoms with Gasteiger partial charge < -0.3 is 0 Å². The molecule has 0 spiro atoms. The molecule has 0 saturated carbocycles. The summed E-state index contributed by atoms with van der Waals surface area (Å²) in [7, 11) is 0. The molecule has 0 N–H and O–H groups in total. The van der Waals surface area contributed by atoms with E-state index in [4.69, 9.17) is 0 Å². The second-order valence-corrected chi connectivity index (χ2v) is 6.14. The topological polar surface area (TPSA) is 0 Å². The van der Waals surface area contributed by atoms with Crippen LogP contribution < -0.4 is 0 Å². The zero-order valence-electron chi connectivity index (χ0n) is 13.7. The van der Waals surface area contributed by atoms with Crippen molar-refractivity contribution in [3.63, 3.8) is 0 Å². The van der Waals surface area contributed by atoms with Gasteiger partial charge in [0.1, 0.15) is 0 Å². The van der Waals surface area contributed by atoms with Gasteiger partial charge in [0.25, 0.3) is 0 Å². The van der Waals surface area contributed by atoms with E-state index in [1.807, 2.05) is 42.5 Å². The fourth-order valence-corrected chi connectivity index (χ4v) is 1.92. The summed E-state index contributed by atoms with van der Waals surface area (Å²) in [5, 5.41) is 0. The third-order valence-electron chi connectivity index (χ3n) is 3.40. The van der Waals surface area contributed by atoms with E-state index in [0.717, 1.165) is 0 Å². The van der Waals surface area contributed by atoms with Crippen LogP contribution in [-0.4, -0.2) is 0 Å². The molecule has 0 saturated heterocycles. The fourth-order valence-electron chi connectivity index (χ4n) is 1.92. The summed E-state index contributed by atoms with van der Waals surface area (Å²) in [5.41, 5.74) is 5.31. The van der Waals surface area contributed by atoms with Gasteiger partial charge in [-0.3, -0.25) is 0 Å². The lowest BCUT2D eigenvalue weighted by Gasteiger charge is -2.20. The first-order chi connectivity index (χ1) is 9.88. The van der Waals surface area contributed by atoms with Gasteiger partial charge in [0, 0.05) is 0 Å². The molecule has 0 fully saturated rings. The van der Waals surface area contributed by atoms with Gasteiger partial charge in [0.2, 0.25) is 0 Å². The van der Waals surface area contributed by atoms with Crippen LogP contribution in [0, 0.1) is 6.92 Å². The Morgan fingerprint density at radius 3 is 1.90 bits per heavy atom. The van der Waals surface area contributed by atoms with Crippen molar-refractivity contribution in [1.82, 2.24) is 0 Å². The first-order valence-corrected chi connectivity index (χ1v) is 7.29. The Morgan fingerprint density at radius 2 is 1.48 bits per heavy atom. The van der Waals surface area contributed by atoms with Gasteiger partial charge >= 0.3 is 0 Å². The summed E-state index contributed by atoms with van der Waals surface area (Å²) in [5.74, 6) is 0. The number of aryl methyl sites for hydroxylation is 1. The molecule has 0 aliphatic heterocycles. The van der Waals surface area contributed by atoms with Gasteiger partial charge in [0.05, 0.1) is 0 Å². The normalized spacial score (nSPS) is 10.3. The molecule has 0 unspecified atom stereocenters. The molecule has 0 amide bonds. The summed E-state index contributed by atoms with van der Waals surface area (Å²) in [6, 6.07) is 16.6. The summed E-state index contributed by atoms with van der Waals surface area (Å²) in [6.45, 7) is 16.2. The van der Waals surface area contributed by atoms with Crippen molar-refractivity contribution in [2.75, 3.05) is 0 Å². The molecular weight excluding hydrogens is 252 g/mol. The molecule has 0 aromatic heterocycles. The summed E-state index contributed by atoms with van der Waals surface area (Å²) in [6.07, 6.45) is 3.75. The maximum absolute atomic E-state index is 3.81. The van der Waals surface area contributed by atoms with E-state index >= 15 is 0 Å². The van der Waals surface area contributed by atoms with Gasteiger partial charge in [-0.05, 0) is 34.6 Å². The number of benzene rings is 2.